The molecule has 4 aromatic rings. The number of likely N-dealkylation sites (tertiary alicyclic amines) is 1. The van der Waals surface area contributed by atoms with Gasteiger partial charge in [-0.15, -0.1) is 0 Å². The number of carbonyl (C=O) groups excluding carboxylic acids is 3. The summed E-state index contributed by atoms with van der Waals surface area (Å²) in [5, 5.41) is 12.0. The molecule has 11 nitrogen and oxygen atoms in total. The van der Waals surface area contributed by atoms with E-state index >= 15 is 4.79 Å². The van der Waals surface area contributed by atoms with Gasteiger partial charge in [-0.3, -0.25) is 9.59 Å². The van der Waals surface area contributed by atoms with E-state index < -0.39 is 17.6 Å². The van der Waals surface area contributed by atoms with Gasteiger partial charge in [-0.25, -0.2) is 4.79 Å². The zero-order valence-corrected chi connectivity index (χ0v) is 29.7. The molecule has 7 rings (SSSR count). The zero-order valence-electron chi connectivity index (χ0n) is 29.7. The first-order chi connectivity index (χ1) is 24.5. The lowest BCUT2D eigenvalue weighted by Crippen LogP contribution is -2.51. The van der Waals surface area contributed by atoms with E-state index in [4.69, 9.17) is 14.2 Å². The number of fused-ring (bicyclic) bond motifs is 2. The number of anilines is 2. The molecule has 3 heterocycles. The number of aromatic amines is 1. The number of nitrogens with one attached hydrogen (secondary N) is 1. The van der Waals surface area contributed by atoms with Crippen LogP contribution in [0.3, 0.4) is 0 Å². The smallest absolute Gasteiger partial charge is 0.410 e. The fourth-order valence-corrected chi connectivity index (χ4v) is 7.31. The van der Waals surface area contributed by atoms with Crippen molar-refractivity contribution in [3.05, 3.63) is 72.4 Å². The average Bonchev–Trinajstić information content (AvgIpc) is 3.89. The standard InChI is InChI=1S/C40H46N4O7/c1-40(2,3)51-39(48)42-17-15-31(27-8-5-7-25(19-27)26-9-10-28-22-41-37(46)32(28)20-26)33(23-42)38(47)44(29-11-12-29)30-13-14-35-34(21-30)43(16-6-18-49-4)36(45)24-50-35/h5,7-10,13-14,19-22,29,31,33,41,46H,6,11-12,15-18,23-24H2,1-4H3/t31-,33+/m1/s1. The SMILES string of the molecule is COCCCN1C(=O)COc2ccc(N(C(=O)[C@H]3CN(C(=O)OC(C)(C)C)CC[C@@H]3c3cccc(-c4ccc5c[nH]c(O)c5c4)c3)C3CC3)cc21. The maximum atomic E-state index is 15.0. The van der Waals surface area contributed by atoms with Crippen molar-refractivity contribution in [3.63, 3.8) is 0 Å². The molecule has 1 saturated heterocycles. The Labute approximate surface area is 298 Å². The van der Waals surface area contributed by atoms with Crippen molar-refractivity contribution in [2.24, 2.45) is 5.92 Å². The molecule has 2 atom stereocenters. The third kappa shape index (κ3) is 7.26. The number of nitrogens with zero attached hydrogens (tertiary/aromatic N) is 3. The minimum atomic E-state index is -0.672. The summed E-state index contributed by atoms with van der Waals surface area (Å²) in [4.78, 5) is 49.6. The van der Waals surface area contributed by atoms with Crippen molar-refractivity contribution in [2.45, 2.75) is 64.0 Å². The van der Waals surface area contributed by atoms with Crippen LogP contribution in [0.1, 0.15) is 57.9 Å². The summed E-state index contributed by atoms with van der Waals surface area (Å²) in [5.41, 5.74) is 3.62. The van der Waals surface area contributed by atoms with Crippen molar-refractivity contribution in [2.75, 3.05) is 49.8 Å². The second-order valence-corrected chi connectivity index (χ2v) is 14.8. The Kier molecular flexibility index (Phi) is 9.41. The van der Waals surface area contributed by atoms with Gasteiger partial charge in [0, 0.05) is 62.0 Å². The van der Waals surface area contributed by atoms with Crippen LogP contribution >= 0.6 is 0 Å². The maximum Gasteiger partial charge on any atom is 0.410 e. The van der Waals surface area contributed by atoms with Crippen LogP contribution in [0.15, 0.2) is 66.9 Å². The third-order valence-electron chi connectivity index (χ3n) is 9.95. The fraction of sp³-hybridized carbons (Fsp3) is 0.425. The van der Waals surface area contributed by atoms with Gasteiger partial charge < -0.3 is 39.0 Å². The Morgan fingerprint density at radius 3 is 2.61 bits per heavy atom. The Hall–Kier alpha value is -5.03. The summed E-state index contributed by atoms with van der Waals surface area (Å²) in [7, 11) is 1.64. The molecule has 1 saturated carbocycles. The molecule has 0 bridgehead atoms. The van der Waals surface area contributed by atoms with E-state index in [2.05, 4.69) is 17.1 Å². The van der Waals surface area contributed by atoms with E-state index in [1.54, 1.807) is 23.1 Å². The first-order valence-corrected chi connectivity index (χ1v) is 17.8. The number of benzene rings is 3. The molecular formula is C40H46N4O7. The number of rotatable bonds is 9. The molecule has 0 unspecified atom stereocenters. The van der Waals surface area contributed by atoms with E-state index in [0.717, 1.165) is 40.3 Å². The van der Waals surface area contributed by atoms with Gasteiger partial charge in [-0.1, -0.05) is 36.4 Å². The first-order valence-electron chi connectivity index (χ1n) is 17.8. The van der Waals surface area contributed by atoms with Crippen LogP contribution in [-0.4, -0.2) is 84.5 Å². The molecule has 1 aliphatic carbocycles. The van der Waals surface area contributed by atoms with Crippen molar-refractivity contribution in [1.29, 1.82) is 0 Å². The molecule has 268 valence electrons. The molecule has 11 heteroatoms. The second-order valence-electron chi connectivity index (χ2n) is 14.8. The van der Waals surface area contributed by atoms with Gasteiger partial charge in [0.15, 0.2) is 12.5 Å². The monoisotopic (exact) mass is 694 g/mol. The molecule has 1 aromatic heterocycles. The second kappa shape index (κ2) is 13.9. The van der Waals surface area contributed by atoms with Gasteiger partial charge in [-0.2, -0.15) is 0 Å². The highest BCUT2D eigenvalue weighted by Crippen LogP contribution is 2.43. The lowest BCUT2D eigenvalue weighted by atomic mass is 9.78. The minimum absolute atomic E-state index is 0.0161. The highest BCUT2D eigenvalue weighted by atomic mass is 16.6. The molecular weight excluding hydrogens is 648 g/mol. The summed E-state index contributed by atoms with van der Waals surface area (Å²) >= 11 is 0. The predicted molar refractivity (Wildman–Crippen MR) is 195 cm³/mol. The summed E-state index contributed by atoms with van der Waals surface area (Å²) in [6.07, 6.45) is 4.33. The average molecular weight is 695 g/mol. The van der Waals surface area contributed by atoms with Gasteiger partial charge in [0.1, 0.15) is 11.4 Å². The topological polar surface area (TPSA) is 125 Å². The molecule has 0 spiro atoms. The molecule has 51 heavy (non-hydrogen) atoms. The number of ether oxygens (including phenoxy) is 3. The lowest BCUT2D eigenvalue weighted by molar-refractivity contribution is -0.124. The number of aromatic nitrogens is 1. The predicted octanol–water partition coefficient (Wildman–Crippen LogP) is 6.84. The van der Waals surface area contributed by atoms with Crippen LogP contribution in [0.2, 0.25) is 0 Å². The van der Waals surface area contributed by atoms with Crippen LogP contribution in [0.5, 0.6) is 11.6 Å². The van der Waals surface area contributed by atoms with Crippen molar-refractivity contribution >= 4 is 40.1 Å². The van der Waals surface area contributed by atoms with Crippen LogP contribution in [-0.2, 0) is 19.1 Å². The molecule has 2 N–H and O–H groups in total. The summed E-state index contributed by atoms with van der Waals surface area (Å²) < 4.78 is 16.8. The number of methoxy groups -OCH3 is 1. The summed E-state index contributed by atoms with van der Waals surface area (Å²) in [6.45, 7) is 7.16. The number of hydrogen-bond donors (Lipinski definition) is 2. The van der Waals surface area contributed by atoms with Crippen molar-refractivity contribution in [1.82, 2.24) is 9.88 Å². The third-order valence-corrected chi connectivity index (χ3v) is 9.95. The first kappa shape index (κ1) is 34.4. The number of aromatic hydroxyl groups is 1. The quantitative estimate of drug-likeness (QED) is 0.184. The number of carbonyl (C=O) groups is 3. The van der Waals surface area contributed by atoms with Gasteiger partial charge in [0.05, 0.1) is 11.6 Å². The number of H-pyrrole nitrogens is 1. The maximum absolute atomic E-state index is 15.0. The van der Waals surface area contributed by atoms with E-state index in [1.165, 1.54) is 0 Å². The van der Waals surface area contributed by atoms with Gasteiger partial charge in [0.25, 0.3) is 5.91 Å². The van der Waals surface area contributed by atoms with E-state index in [-0.39, 0.29) is 42.8 Å². The number of piperidine rings is 1. The van der Waals surface area contributed by atoms with Gasteiger partial charge in [0.2, 0.25) is 5.91 Å². The highest BCUT2D eigenvalue weighted by Gasteiger charge is 2.44. The minimum Gasteiger partial charge on any atom is -0.494 e. The van der Waals surface area contributed by atoms with Crippen LogP contribution in [0, 0.1) is 5.92 Å². The van der Waals surface area contributed by atoms with Gasteiger partial charge in [-0.05, 0) is 93.3 Å². The molecule has 3 aliphatic rings. The molecule has 3 amide bonds. The van der Waals surface area contributed by atoms with Crippen molar-refractivity contribution in [3.8, 4) is 22.8 Å². The van der Waals surface area contributed by atoms with Crippen LogP contribution in [0.25, 0.3) is 21.9 Å². The Balaban J connectivity index is 1.23. The number of amides is 3. The lowest BCUT2D eigenvalue weighted by Gasteiger charge is -2.41. The zero-order chi connectivity index (χ0) is 35.9. The summed E-state index contributed by atoms with van der Waals surface area (Å²) in [6, 6.07) is 19.8. The molecule has 3 aromatic carbocycles. The molecule has 2 fully saturated rings. The normalized spacial score (nSPS) is 19.1. The molecule has 0 radical (unpaired) electrons. The largest absolute Gasteiger partial charge is 0.494 e. The fourth-order valence-electron chi connectivity index (χ4n) is 7.31. The van der Waals surface area contributed by atoms with Crippen molar-refractivity contribution < 1.29 is 33.7 Å². The van der Waals surface area contributed by atoms with Crippen LogP contribution in [0.4, 0.5) is 16.2 Å². The Morgan fingerprint density at radius 1 is 1.04 bits per heavy atom. The van der Waals surface area contributed by atoms with E-state index in [1.807, 2.05) is 74.2 Å². The highest BCUT2D eigenvalue weighted by molar-refractivity contribution is 6.01. The number of hydrogen-bond acceptors (Lipinski definition) is 7. The molecule has 2 aliphatic heterocycles. The van der Waals surface area contributed by atoms with E-state index in [0.29, 0.717) is 49.7 Å². The van der Waals surface area contributed by atoms with E-state index in [9.17, 15) is 14.7 Å². The summed E-state index contributed by atoms with van der Waals surface area (Å²) in [5.74, 6) is -0.187. The Morgan fingerprint density at radius 2 is 1.84 bits per heavy atom. The van der Waals surface area contributed by atoms with Crippen LogP contribution < -0.4 is 14.5 Å². The Bertz CT molecular complexity index is 1940. The van der Waals surface area contributed by atoms with Gasteiger partial charge >= 0.3 is 6.09 Å².